The van der Waals surface area contributed by atoms with Crippen molar-refractivity contribution in [3.63, 3.8) is 0 Å². The molecule has 0 spiro atoms. The Labute approximate surface area is 116 Å². The monoisotopic (exact) mass is 330 g/mol. The van der Waals surface area contributed by atoms with Crippen LogP contribution in [0, 0.1) is 11.6 Å². The van der Waals surface area contributed by atoms with Gasteiger partial charge < -0.3 is 0 Å². The normalized spacial score (nSPS) is 10.4. The number of carbonyl (C=O) groups is 1. The molecule has 0 heterocycles. The molecule has 0 unspecified atom stereocenters. The molecular formula is C13H6BrClF2O. The van der Waals surface area contributed by atoms with Crippen molar-refractivity contribution in [3.05, 3.63) is 57.0 Å². The molecule has 2 aromatic rings. The van der Waals surface area contributed by atoms with Crippen LogP contribution >= 0.6 is 27.5 Å². The van der Waals surface area contributed by atoms with Crippen LogP contribution in [-0.4, -0.2) is 6.29 Å². The molecule has 0 amide bonds. The molecule has 0 atom stereocenters. The number of benzene rings is 2. The molecule has 2 aromatic carbocycles. The maximum Gasteiger partial charge on any atom is 0.150 e. The molecule has 0 aromatic heterocycles. The lowest BCUT2D eigenvalue weighted by atomic mass is 10.0. The van der Waals surface area contributed by atoms with Crippen LogP contribution < -0.4 is 0 Å². The molecule has 2 rings (SSSR count). The quantitative estimate of drug-likeness (QED) is 0.567. The largest absolute Gasteiger partial charge is 0.298 e. The molecule has 1 nitrogen and oxygen atoms in total. The van der Waals surface area contributed by atoms with E-state index in [2.05, 4.69) is 15.9 Å². The van der Waals surface area contributed by atoms with Gasteiger partial charge in [0.05, 0.1) is 10.0 Å². The summed E-state index contributed by atoms with van der Waals surface area (Å²) in [5.41, 5.74) is 0.338. The van der Waals surface area contributed by atoms with Gasteiger partial charge in [0.1, 0.15) is 17.9 Å². The second kappa shape index (κ2) is 5.16. The standard InChI is InChI=1S/C13H6BrClF2O/c14-9-3-4-11(16)12(13(9)17)8-2-1-7(6-18)5-10(8)15/h1-6H. The third-order valence-electron chi connectivity index (χ3n) is 2.44. The molecule has 92 valence electrons. The first-order chi connectivity index (χ1) is 8.54. The molecule has 0 fully saturated rings. The summed E-state index contributed by atoms with van der Waals surface area (Å²) in [6.07, 6.45) is 0.614. The average Bonchev–Trinajstić information content (AvgIpc) is 2.36. The van der Waals surface area contributed by atoms with Crippen LogP contribution in [0.5, 0.6) is 0 Å². The molecule has 0 radical (unpaired) electrons. The molecule has 18 heavy (non-hydrogen) atoms. The van der Waals surface area contributed by atoms with Crippen molar-refractivity contribution in [2.75, 3.05) is 0 Å². The van der Waals surface area contributed by atoms with E-state index in [1.54, 1.807) is 0 Å². The highest BCUT2D eigenvalue weighted by Gasteiger charge is 2.16. The number of rotatable bonds is 2. The summed E-state index contributed by atoms with van der Waals surface area (Å²) in [5.74, 6) is -1.44. The van der Waals surface area contributed by atoms with E-state index < -0.39 is 11.6 Å². The summed E-state index contributed by atoms with van der Waals surface area (Å²) in [7, 11) is 0. The van der Waals surface area contributed by atoms with Crippen LogP contribution in [-0.2, 0) is 0 Å². The van der Waals surface area contributed by atoms with Crippen molar-refractivity contribution in [1.82, 2.24) is 0 Å². The summed E-state index contributed by atoms with van der Waals surface area (Å²) >= 11 is 8.92. The topological polar surface area (TPSA) is 17.1 Å². The van der Waals surface area contributed by atoms with Crippen molar-refractivity contribution in [2.45, 2.75) is 0 Å². The van der Waals surface area contributed by atoms with Crippen molar-refractivity contribution in [2.24, 2.45) is 0 Å². The number of halogens is 4. The van der Waals surface area contributed by atoms with Gasteiger partial charge in [-0.05, 0) is 34.1 Å². The lowest BCUT2D eigenvalue weighted by Gasteiger charge is -2.09. The van der Waals surface area contributed by atoms with E-state index >= 15 is 0 Å². The molecule has 5 heteroatoms. The summed E-state index contributed by atoms with van der Waals surface area (Å²) in [4.78, 5) is 10.6. The van der Waals surface area contributed by atoms with Gasteiger partial charge in [0.15, 0.2) is 0 Å². The van der Waals surface area contributed by atoms with Gasteiger partial charge in [-0.15, -0.1) is 0 Å². The van der Waals surface area contributed by atoms with E-state index in [1.807, 2.05) is 0 Å². The second-order valence-electron chi connectivity index (χ2n) is 3.58. The molecule has 0 saturated carbocycles. The minimum atomic E-state index is -0.726. The molecule has 0 aliphatic rings. The molecule has 0 N–H and O–H groups in total. The minimum Gasteiger partial charge on any atom is -0.298 e. The Hall–Kier alpha value is -1.26. The van der Waals surface area contributed by atoms with Crippen molar-refractivity contribution >= 4 is 33.8 Å². The van der Waals surface area contributed by atoms with Gasteiger partial charge in [0.25, 0.3) is 0 Å². The number of aldehydes is 1. The molecule has 0 aliphatic heterocycles. The molecule has 0 saturated heterocycles. The zero-order chi connectivity index (χ0) is 13.3. The predicted octanol–water partition coefficient (Wildman–Crippen LogP) is 4.86. The van der Waals surface area contributed by atoms with E-state index in [0.29, 0.717) is 11.8 Å². The van der Waals surface area contributed by atoms with Gasteiger partial charge in [-0.1, -0.05) is 23.7 Å². The Morgan fingerprint density at radius 2 is 1.89 bits per heavy atom. The van der Waals surface area contributed by atoms with Crippen LogP contribution in [0.4, 0.5) is 8.78 Å². The van der Waals surface area contributed by atoms with Crippen LogP contribution in [0.2, 0.25) is 5.02 Å². The van der Waals surface area contributed by atoms with Crippen LogP contribution in [0.3, 0.4) is 0 Å². The Morgan fingerprint density at radius 1 is 1.17 bits per heavy atom. The lowest BCUT2D eigenvalue weighted by Crippen LogP contribution is -1.93. The Bertz CT molecular complexity index is 629. The van der Waals surface area contributed by atoms with E-state index in [-0.39, 0.29) is 20.6 Å². The van der Waals surface area contributed by atoms with Gasteiger partial charge in [0.2, 0.25) is 0 Å². The first kappa shape index (κ1) is 13.2. The third-order valence-corrected chi connectivity index (χ3v) is 3.37. The second-order valence-corrected chi connectivity index (χ2v) is 4.84. The highest BCUT2D eigenvalue weighted by atomic mass is 79.9. The zero-order valence-electron chi connectivity index (χ0n) is 8.88. The Kier molecular flexibility index (Phi) is 3.78. The highest BCUT2D eigenvalue weighted by molar-refractivity contribution is 9.10. The molecule has 0 bridgehead atoms. The van der Waals surface area contributed by atoms with E-state index in [0.717, 1.165) is 6.07 Å². The van der Waals surface area contributed by atoms with Crippen molar-refractivity contribution < 1.29 is 13.6 Å². The molecule has 0 aliphatic carbocycles. The van der Waals surface area contributed by atoms with Gasteiger partial charge in [0, 0.05) is 16.1 Å². The third kappa shape index (κ3) is 2.31. The summed E-state index contributed by atoms with van der Waals surface area (Å²) < 4.78 is 27.7. The zero-order valence-corrected chi connectivity index (χ0v) is 11.2. The van der Waals surface area contributed by atoms with E-state index in [1.165, 1.54) is 24.3 Å². The number of hydrogen-bond acceptors (Lipinski definition) is 1. The van der Waals surface area contributed by atoms with Gasteiger partial charge >= 0.3 is 0 Å². The highest BCUT2D eigenvalue weighted by Crippen LogP contribution is 2.35. The van der Waals surface area contributed by atoms with Gasteiger partial charge in [-0.2, -0.15) is 0 Å². The Balaban J connectivity index is 2.69. The fourth-order valence-corrected chi connectivity index (χ4v) is 2.20. The fourth-order valence-electron chi connectivity index (χ4n) is 1.58. The predicted molar refractivity (Wildman–Crippen MR) is 69.9 cm³/mol. The number of carbonyl (C=O) groups excluding carboxylic acids is 1. The van der Waals surface area contributed by atoms with E-state index in [4.69, 9.17) is 11.6 Å². The van der Waals surface area contributed by atoms with Crippen LogP contribution in [0.25, 0.3) is 11.1 Å². The van der Waals surface area contributed by atoms with Crippen molar-refractivity contribution in [1.29, 1.82) is 0 Å². The number of hydrogen-bond donors (Lipinski definition) is 0. The maximum absolute atomic E-state index is 13.9. The lowest BCUT2D eigenvalue weighted by molar-refractivity contribution is 0.112. The fraction of sp³-hybridized carbons (Fsp3) is 0. The van der Waals surface area contributed by atoms with E-state index in [9.17, 15) is 13.6 Å². The van der Waals surface area contributed by atoms with Crippen LogP contribution in [0.1, 0.15) is 10.4 Å². The maximum atomic E-state index is 13.9. The summed E-state index contributed by atoms with van der Waals surface area (Å²) in [5, 5.41) is 0.121. The van der Waals surface area contributed by atoms with Crippen molar-refractivity contribution in [3.8, 4) is 11.1 Å². The minimum absolute atomic E-state index is 0.121. The summed E-state index contributed by atoms with van der Waals surface area (Å²) in [6, 6.07) is 6.66. The average molecular weight is 332 g/mol. The first-order valence-corrected chi connectivity index (χ1v) is 6.10. The first-order valence-electron chi connectivity index (χ1n) is 4.93. The van der Waals surface area contributed by atoms with Crippen LogP contribution in [0.15, 0.2) is 34.8 Å². The summed E-state index contributed by atoms with van der Waals surface area (Å²) in [6.45, 7) is 0. The van der Waals surface area contributed by atoms with Gasteiger partial charge in [-0.25, -0.2) is 8.78 Å². The Morgan fingerprint density at radius 3 is 2.50 bits per heavy atom. The smallest absolute Gasteiger partial charge is 0.150 e. The SMILES string of the molecule is O=Cc1ccc(-c2c(F)ccc(Br)c2F)c(Cl)c1. The molecular weight excluding hydrogens is 325 g/mol. The van der Waals surface area contributed by atoms with Gasteiger partial charge in [-0.3, -0.25) is 4.79 Å².